The zero-order valence-corrected chi connectivity index (χ0v) is 10.4. The second-order valence-corrected chi connectivity index (χ2v) is 4.16. The Morgan fingerprint density at radius 3 is 2.59 bits per heavy atom. The first-order chi connectivity index (χ1) is 8.09. The first-order valence-corrected chi connectivity index (χ1v) is 5.60. The van der Waals surface area contributed by atoms with E-state index in [1.807, 2.05) is 6.92 Å². The largest absolute Gasteiger partial charge is 0.385 e. The Labute approximate surface area is 104 Å². The molecule has 2 aromatic rings. The number of hydrogen-bond acceptors (Lipinski definition) is 4. The van der Waals surface area contributed by atoms with Gasteiger partial charge in [0, 0.05) is 31.4 Å². The molecule has 1 N–H and O–H groups in total. The highest BCUT2D eigenvalue weighted by Crippen LogP contribution is 2.24. The van der Waals surface area contributed by atoms with E-state index in [9.17, 15) is 5.11 Å². The minimum absolute atomic E-state index is 0.364. The van der Waals surface area contributed by atoms with E-state index in [1.165, 1.54) is 0 Å². The normalized spacial score (nSPS) is 12.7. The van der Waals surface area contributed by atoms with Crippen LogP contribution in [0.1, 0.15) is 23.2 Å². The Morgan fingerprint density at radius 1 is 1.41 bits per heavy atom. The lowest BCUT2D eigenvalue weighted by atomic mass is 10.1. The first-order valence-electron chi connectivity index (χ1n) is 5.22. The van der Waals surface area contributed by atoms with Gasteiger partial charge >= 0.3 is 0 Å². The number of aryl methyl sites for hydroxylation is 2. The maximum atomic E-state index is 10.0. The van der Waals surface area contributed by atoms with E-state index in [-0.39, 0.29) is 0 Å². The number of aliphatic hydroxyl groups is 1. The van der Waals surface area contributed by atoms with Crippen LogP contribution in [0.15, 0.2) is 18.5 Å². The maximum Gasteiger partial charge on any atom is 0.157 e. The van der Waals surface area contributed by atoms with Crippen molar-refractivity contribution in [3.8, 4) is 0 Å². The quantitative estimate of drug-likeness (QED) is 0.898. The number of hydrogen-bond donors (Lipinski definition) is 1. The lowest BCUT2D eigenvalue weighted by molar-refractivity contribution is 0.168. The molecule has 17 heavy (non-hydrogen) atoms. The number of nitrogens with zero attached hydrogens (tertiary/aromatic N) is 4. The van der Waals surface area contributed by atoms with Crippen molar-refractivity contribution in [1.29, 1.82) is 0 Å². The molecule has 90 valence electrons. The molecule has 1 atom stereocenters. The van der Waals surface area contributed by atoms with Crippen molar-refractivity contribution < 1.29 is 5.11 Å². The van der Waals surface area contributed by atoms with E-state index in [2.05, 4.69) is 15.1 Å². The molecule has 2 heterocycles. The van der Waals surface area contributed by atoms with Crippen LogP contribution in [0, 0.1) is 6.92 Å². The zero-order valence-electron chi connectivity index (χ0n) is 9.63. The first kappa shape index (κ1) is 12.0. The second-order valence-electron chi connectivity index (χ2n) is 3.81. The van der Waals surface area contributed by atoms with Gasteiger partial charge in [-0.1, -0.05) is 11.6 Å². The van der Waals surface area contributed by atoms with Gasteiger partial charge in [0.25, 0.3) is 0 Å². The highest BCUT2D eigenvalue weighted by molar-refractivity contribution is 6.30. The van der Waals surface area contributed by atoms with Crippen LogP contribution in [0.4, 0.5) is 0 Å². The molecule has 0 aromatic carbocycles. The Balaban J connectivity index is 2.22. The molecule has 6 heteroatoms. The Bertz CT molecular complexity index is 512. The van der Waals surface area contributed by atoms with Crippen molar-refractivity contribution in [2.24, 2.45) is 7.05 Å². The van der Waals surface area contributed by atoms with Gasteiger partial charge in [-0.2, -0.15) is 5.10 Å². The third-order valence-electron chi connectivity index (χ3n) is 2.55. The van der Waals surface area contributed by atoms with Crippen LogP contribution >= 0.6 is 11.6 Å². The van der Waals surface area contributed by atoms with Gasteiger partial charge in [-0.15, -0.1) is 0 Å². The maximum absolute atomic E-state index is 10.0. The predicted molar refractivity (Wildman–Crippen MR) is 63.7 cm³/mol. The highest BCUT2D eigenvalue weighted by atomic mass is 35.5. The van der Waals surface area contributed by atoms with Crippen LogP contribution in [-0.4, -0.2) is 24.9 Å². The molecule has 0 spiro atoms. The summed E-state index contributed by atoms with van der Waals surface area (Å²) in [6.45, 7) is 1.86. The SMILES string of the molecule is Cc1nn(C)c(Cl)c1CC(O)c1ncccn1. The molecule has 0 aliphatic heterocycles. The average Bonchev–Trinajstić information content (AvgIpc) is 2.57. The van der Waals surface area contributed by atoms with E-state index < -0.39 is 6.10 Å². The van der Waals surface area contributed by atoms with Gasteiger partial charge in [-0.3, -0.25) is 4.68 Å². The van der Waals surface area contributed by atoms with Crippen molar-refractivity contribution >= 4 is 11.6 Å². The number of halogens is 1. The van der Waals surface area contributed by atoms with Gasteiger partial charge in [-0.25, -0.2) is 9.97 Å². The van der Waals surface area contributed by atoms with E-state index in [1.54, 1.807) is 30.2 Å². The molecule has 0 aliphatic carbocycles. The van der Waals surface area contributed by atoms with Gasteiger partial charge in [0.15, 0.2) is 5.82 Å². The van der Waals surface area contributed by atoms with Crippen molar-refractivity contribution in [2.75, 3.05) is 0 Å². The second kappa shape index (κ2) is 4.81. The average molecular weight is 253 g/mol. The van der Waals surface area contributed by atoms with Crippen LogP contribution in [0.2, 0.25) is 5.15 Å². The summed E-state index contributed by atoms with van der Waals surface area (Å²) in [5.41, 5.74) is 1.64. The summed E-state index contributed by atoms with van der Waals surface area (Å²) in [7, 11) is 1.77. The van der Waals surface area contributed by atoms with E-state index in [4.69, 9.17) is 11.6 Å². The van der Waals surface area contributed by atoms with Crippen LogP contribution in [0.5, 0.6) is 0 Å². The van der Waals surface area contributed by atoms with Crippen molar-refractivity contribution in [3.05, 3.63) is 40.7 Å². The third kappa shape index (κ3) is 2.45. The van der Waals surface area contributed by atoms with Gasteiger partial charge in [0.05, 0.1) is 5.69 Å². The Morgan fingerprint density at radius 2 is 2.06 bits per heavy atom. The van der Waals surface area contributed by atoms with Crippen molar-refractivity contribution in [3.63, 3.8) is 0 Å². The standard InChI is InChI=1S/C11H13ClN4O/c1-7-8(10(12)16(2)15-7)6-9(17)11-13-4-3-5-14-11/h3-5,9,17H,6H2,1-2H3. The molecule has 0 aliphatic rings. The minimum Gasteiger partial charge on any atom is -0.385 e. The fraction of sp³-hybridized carbons (Fsp3) is 0.364. The fourth-order valence-corrected chi connectivity index (χ4v) is 1.92. The van der Waals surface area contributed by atoms with Gasteiger partial charge in [0.2, 0.25) is 0 Å². The molecule has 0 radical (unpaired) electrons. The smallest absolute Gasteiger partial charge is 0.157 e. The van der Waals surface area contributed by atoms with Gasteiger partial charge in [-0.05, 0) is 13.0 Å². The lowest BCUT2D eigenvalue weighted by Crippen LogP contribution is -2.06. The summed E-state index contributed by atoms with van der Waals surface area (Å²) in [6, 6.07) is 1.71. The molecule has 2 rings (SSSR count). The van der Waals surface area contributed by atoms with Crippen LogP contribution in [0.3, 0.4) is 0 Å². The number of aromatic nitrogens is 4. The molecule has 5 nitrogen and oxygen atoms in total. The molecule has 0 saturated carbocycles. The fourth-order valence-electron chi connectivity index (χ4n) is 1.67. The molecule has 2 aromatic heterocycles. The summed E-state index contributed by atoms with van der Waals surface area (Å²) < 4.78 is 1.59. The summed E-state index contributed by atoms with van der Waals surface area (Å²) in [5, 5.41) is 14.7. The third-order valence-corrected chi connectivity index (χ3v) is 3.02. The number of aliphatic hydroxyl groups excluding tert-OH is 1. The summed E-state index contributed by atoms with van der Waals surface area (Å²) in [6.07, 6.45) is 2.80. The predicted octanol–water partition coefficient (Wildman–Crippen LogP) is 1.45. The summed E-state index contributed by atoms with van der Waals surface area (Å²) >= 11 is 6.09. The van der Waals surface area contributed by atoms with Crippen molar-refractivity contribution in [1.82, 2.24) is 19.7 Å². The molecular weight excluding hydrogens is 240 g/mol. The molecular formula is C11H13ClN4O. The molecule has 0 amide bonds. The van der Waals surface area contributed by atoms with Crippen LogP contribution in [-0.2, 0) is 13.5 Å². The summed E-state index contributed by atoms with van der Waals surface area (Å²) in [5.74, 6) is 0.395. The van der Waals surface area contributed by atoms with E-state index >= 15 is 0 Å². The Hall–Kier alpha value is -1.46. The zero-order chi connectivity index (χ0) is 12.4. The minimum atomic E-state index is -0.767. The van der Waals surface area contributed by atoms with Crippen molar-refractivity contribution in [2.45, 2.75) is 19.4 Å². The van der Waals surface area contributed by atoms with Crippen LogP contribution in [0.25, 0.3) is 0 Å². The molecule has 0 saturated heterocycles. The molecule has 1 unspecified atom stereocenters. The highest BCUT2D eigenvalue weighted by Gasteiger charge is 2.18. The molecule has 0 bridgehead atoms. The Kier molecular flexibility index (Phi) is 3.40. The van der Waals surface area contributed by atoms with E-state index in [0.29, 0.717) is 17.4 Å². The summed E-state index contributed by atoms with van der Waals surface area (Å²) in [4.78, 5) is 8.02. The van der Waals surface area contributed by atoms with Gasteiger partial charge < -0.3 is 5.11 Å². The van der Waals surface area contributed by atoms with Crippen LogP contribution < -0.4 is 0 Å². The topological polar surface area (TPSA) is 63.8 Å². The monoisotopic (exact) mass is 252 g/mol. The van der Waals surface area contributed by atoms with E-state index in [0.717, 1.165) is 11.3 Å². The van der Waals surface area contributed by atoms with Gasteiger partial charge in [0.1, 0.15) is 11.3 Å². The molecule has 0 fully saturated rings. The lowest BCUT2D eigenvalue weighted by Gasteiger charge is -2.08. The number of rotatable bonds is 3.